The van der Waals surface area contributed by atoms with E-state index in [1.54, 1.807) is 13.2 Å². The number of ether oxygens (including phenoxy) is 3. The third kappa shape index (κ3) is 3.81. The molecule has 0 saturated carbocycles. The van der Waals surface area contributed by atoms with Crippen LogP contribution in [0.2, 0.25) is 0 Å². The molecule has 4 rings (SSSR count). The van der Waals surface area contributed by atoms with Crippen molar-refractivity contribution in [2.24, 2.45) is 0 Å². The normalized spacial score (nSPS) is 15.2. The second-order valence-electron chi connectivity index (χ2n) is 6.44. The molecule has 1 aliphatic heterocycles. The highest BCUT2D eigenvalue weighted by molar-refractivity contribution is 5.93. The number of nitrogens with one attached hydrogen (secondary N) is 1. The summed E-state index contributed by atoms with van der Waals surface area (Å²) in [5.41, 5.74) is 1.62. The van der Waals surface area contributed by atoms with Crippen LogP contribution in [0, 0.1) is 0 Å². The van der Waals surface area contributed by atoms with E-state index in [9.17, 15) is 4.79 Å². The number of carbonyl (C=O) groups is 1. The predicted molar refractivity (Wildman–Crippen MR) is 103 cm³/mol. The molecule has 3 aromatic rings. The van der Waals surface area contributed by atoms with Crippen LogP contribution in [-0.4, -0.2) is 19.6 Å². The fourth-order valence-corrected chi connectivity index (χ4v) is 3.20. The molecule has 0 radical (unpaired) electrons. The summed E-state index contributed by atoms with van der Waals surface area (Å²) in [6, 6.07) is 16.7. The molecule has 0 spiro atoms. The maximum atomic E-state index is 12.8. The topological polar surface area (TPSA) is 69.9 Å². The third-order valence-electron chi connectivity index (χ3n) is 4.66. The number of hydrogen-bond acceptors (Lipinski definition) is 5. The summed E-state index contributed by atoms with van der Waals surface area (Å²) in [4.78, 5) is 12.8. The summed E-state index contributed by atoms with van der Waals surface area (Å²) in [6.45, 7) is 0.776. The standard InChI is InChI=1S/C22H21NO5/c1-25-17-7-8-18-19(10-12-26-20(18)13-17)23-22(24)21-15(9-11-27-21)14-28-16-5-3-2-4-6-16/h2-9,11,13,19H,10,12,14H2,1H3,(H,23,24). The Morgan fingerprint density at radius 2 is 2.00 bits per heavy atom. The van der Waals surface area contributed by atoms with E-state index in [0.717, 1.165) is 22.8 Å². The van der Waals surface area contributed by atoms with E-state index in [-0.39, 0.29) is 24.3 Å². The first kappa shape index (κ1) is 18.0. The molecule has 1 N–H and O–H groups in total. The van der Waals surface area contributed by atoms with E-state index < -0.39 is 0 Å². The summed E-state index contributed by atoms with van der Waals surface area (Å²) < 4.78 is 22.1. The highest BCUT2D eigenvalue weighted by atomic mass is 16.5. The molecule has 28 heavy (non-hydrogen) atoms. The predicted octanol–water partition coefficient (Wildman–Crippen LogP) is 4.12. The maximum absolute atomic E-state index is 12.8. The smallest absolute Gasteiger partial charge is 0.287 e. The van der Waals surface area contributed by atoms with Gasteiger partial charge in [0.1, 0.15) is 23.9 Å². The van der Waals surface area contributed by atoms with Gasteiger partial charge in [0.05, 0.1) is 26.0 Å². The molecule has 2 aromatic carbocycles. The Labute approximate surface area is 163 Å². The molecule has 1 aromatic heterocycles. The van der Waals surface area contributed by atoms with Crippen LogP contribution in [0.1, 0.15) is 34.1 Å². The van der Waals surface area contributed by atoms with Gasteiger partial charge in [-0.3, -0.25) is 4.79 Å². The number of methoxy groups -OCH3 is 1. The summed E-state index contributed by atoms with van der Waals surface area (Å²) >= 11 is 0. The number of fused-ring (bicyclic) bond motifs is 1. The zero-order valence-corrected chi connectivity index (χ0v) is 15.5. The zero-order chi connectivity index (χ0) is 19.3. The fourth-order valence-electron chi connectivity index (χ4n) is 3.20. The Morgan fingerprint density at radius 3 is 2.82 bits per heavy atom. The average molecular weight is 379 g/mol. The summed E-state index contributed by atoms with van der Waals surface area (Å²) in [5, 5.41) is 3.04. The van der Waals surface area contributed by atoms with Crippen molar-refractivity contribution in [1.82, 2.24) is 5.32 Å². The highest BCUT2D eigenvalue weighted by Gasteiger charge is 2.26. The minimum absolute atomic E-state index is 0.157. The van der Waals surface area contributed by atoms with E-state index >= 15 is 0 Å². The quantitative estimate of drug-likeness (QED) is 0.698. The molecular weight excluding hydrogens is 358 g/mol. The molecule has 6 nitrogen and oxygen atoms in total. The molecule has 1 atom stereocenters. The SMILES string of the molecule is COc1ccc2c(c1)OCCC2NC(=O)c1occc1COc1ccccc1. The van der Waals surface area contributed by atoms with Gasteiger partial charge in [0.15, 0.2) is 5.76 Å². The van der Waals surface area contributed by atoms with E-state index in [4.69, 9.17) is 18.6 Å². The van der Waals surface area contributed by atoms with Crippen molar-refractivity contribution in [3.05, 3.63) is 77.7 Å². The maximum Gasteiger partial charge on any atom is 0.287 e. The first-order valence-corrected chi connectivity index (χ1v) is 9.10. The zero-order valence-electron chi connectivity index (χ0n) is 15.5. The Kier molecular flexibility index (Phi) is 5.19. The second kappa shape index (κ2) is 8.08. The number of hydrogen-bond donors (Lipinski definition) is 1. The Morgan fingerprint density at radius 1 is 1.14 bits per heavy atom. The van der Waals surface area contributed by atoms with Crippen LogP contribution in [0.25, 0.3) is 0 Å². The number of carbonyl (C=O) groups excluding carboxylic acids is 1. The molecule has 144 valence electrons. The summed E-state index contributed by atoms with van der Waals surface area (Å²) in [6.07, 6.45) is 2.18. The Hall–Kier alpha value is -3.41. The van der Waals surface area contributed by atoms with Crippen molar-refractivity contribution < 1.29 is 23.4 Å². The van der Waals surface area contributed by atoms with Gasteiger partial charge in [-0.2, -0.15) is 0 Å². The number of amides is 1. The molecular formula is C22H21NO5. The fraction of sp³-hybridized carbons (Fsp3) is 0.227. The number of benzene rings is 2. The lowest BCUT2D eigenvalue weighted by Crippen LogP contribution is -2.32. The lowest BCUT2D eigenvalue weighted by atomic mass is 10.00. The van der Waals surface area contributed by atoms with Crippen LogP contribution >= 0.6 is 0 Å². The number of rotatable bonds is 6. The first-order chi connectivity index (χ1) is 13.7. The number of para-hydroxylation sites is 1. The van der Waals surface area contributed by atoms with Gasteiger partial charge in [0.2, 0.25) is 0 Å². The van der Waals surface area contributed by atoms with Crippen LogP contribution in [-0.2, 0) is 6.61 Å². The molecule has 6 heteroatoms. The molecule has 1 aliphatic rings. The largest absolute Gasteiger partial charge is 0.497 e. The monoisotopic (exact) mass is 379 g/mol. The van der Waals surface area contributed by atoms with Gasteiger partial charge >= 0.3 is 0 Å². The van der Waals surface area contributed by atoms with Crippen molar-refractivity contribution in [2.45, 2.75) is 19.1 Å². The van der Waals surface area contributed by atoms with Crippen LogP contribution in [0.15, 0.2) is 65.3 Å². The number of furan rings is 1. The lowest BCUT2D eigenvalue weighted by Gasteiger charge is -2.26. The molecule has 1 amide bonds. The van der Waals surface area contributed by atoms with Crippen molar-refractivity contribution in [3.63, 3.8) is 0 Å². The molecule has 1 unspecified atom stereocenters. The van der Waals surface area contributed by atoms with Gasteiger partial charge in [-0.1, -0.05) is 18.2 Å². The Bertz CT molecular complexity index is 951. The van der Waals surface area contributed by atoms with Gasteiger partial charge in [0, 0.05) is 23.6 Å². The lowest BCUT2D eigenvalue weighted by molar-refractivity contribution is 0.0893. The molecule has 0 aliphatic carbocycles. The van der Waals surface area contributed by atoms with Crippen LogP contribution in [0.4, 0.5) is 0 Å². The van der Waals surface area contributed by atoms with Gasteiger partial charge in [-0.25, -0.2) is 0 Å². The van der Waals surface area contributed by atoms with Crippen molar-refractivity contribution >= 4 is 5.91 Å². The Balaban J connectivity index is 1.46. The highest BCUT2D eigenvalue weighted by Crippen LogP contribution is 2.35. The molecule has 0 saturated heterocycles. The van der Waals surface area contributed by atoms with Crippen LogP contribution in [0.5, 0.6) is 17.2 Å². The van der Waals surface area contributed by atoms with Gasteiger partial charge in [-0.05, 0) is 30.3 Å². The minimum Gasteiger partial charge on any atom is -0.497 e. The van der Waals surface area contributed by atoms with Crippen molar-refractivity contribution in [2.75, 3.05) is 13.7 Å². The van der Waals surface area contributed by atoms with Gasteiger partial charge in [0.25, 0.3) is 5.91 Å². The van der Waals surface area contributed by atoms with Gasteiger partial charge in [-0.15, -0.1) is 0 Å². The van der Waals surface area contributed by atoms with E-state index in [1.807, 2.05) is 48.5 Å². The van der Waals surface area contributed by atoms with Crippen LogP contribution in [0.3, 0.4) is 0 Å². The van der Waals surface area contributed by atoms with Crippen LogP contribution < -0.4 is 19.5 Å². The molecule has 0 bridgehead atoms. The van der Waals surface area contributed by atoms with Crippen molar-refractivity contribution in [1.29, 1.82) is 0 Å². The molecule has 0 fully saturated rings. The summed E-state index contributed by atoms with van der Waals surface area (Å²) in [5.74, 6) is 2.17. The van der Waals surface area contributed by atoms with Crippen molar-refractivity contribution in [3.8, 4) is 17.2 Å². The first-order valence-electron chi connectivity index (χ1n) is 9.10. The molecule has 2 heterocycles. The second-order valence-corrected chi connectivity index (χ2v) is 6.44. The van der Waals surface area contributed by atoms with Gasteiger partial charge < -0.3 is 23.9 Å². The van der Waals surface area contributed by atoms with E-state index in [1.165, 1.54) is 6.26 Å². The minimum atomic E-state index is -0.273. The van der Waals surface area contributed by atoms with E-state index in [2.05, 4.69) is 5.32 Å². The average Bonchev–Trinajstić information content (AvgIpc) is 3.21. The van der Waals surface area contributed by atoms with E-state index in [0.29, 0.717) is 18.6 Å². The summed E-state index contributed by atoms with van der Waals surface area (Å²) in [7, 11) is 1.61. The third-order valence-corrected chi connectivity index (χ3v) is 4.66.